The Kier molecular flexibility index (Phi) is 7.06. The van der Waals surface area contributed by atoms with E-state index in [1.54, 1.807) is 6.07 Å². The van der Waals surface area contributed by atoms with E-state index in [9.17, 15) is 4.79 Å². The van der Waals surface area contributed by atoms with E-state index < -0.39 is 0 Å². The zero-order valence-corrected chi connectivity index (χ0v) is 16.0. The van der Waals surface area contributed by atoms with Gasteiger partial charge in [-0.05, 0) is 51.3 Å². The molecule has 3 N–H and O–H groups in total. The molecule has 1 amide bonds. The average Bonchev–Trinajstić information content (AvgIpc) is 3.19. The number of para-hydroxylation sites is 1. The van der Waals surface area contributed by atoms with Crippen molar-refractivity contribution in [3.8, 4) is 5.75 Å². The third kappa shape index (κ3) is 4.37. The summed E-state index contributed by atoms with van der Waals surface area (Å²) in [6, 6.07) is 7.44. The van der Waals surface area contributed by atoms with E-state index in [4.69, 9.17) is 15.0 Å². The number of amides is 1. The molecule has 1 aliphatic rings. The maximum Gasteiger partial charge on any atom is 0.255 e. The fourth-order valence-electron chi connectivity index (χ4n) is 3.39. The lowest BCUT2D eigenvalue weighted by molar-refractivity contribution is 0.0924. The Labute approximate surface area is 159 Å². The van der Waals surface area contributed by atoms with E-state index in [0.717, 1.165) is 36.3 Å². The molecule has 0 saturated heterocycles. The number of halogens is 1. The van der Waals surface area contributed by atoms with Crippen LogP contribution in [0.2, 0.25) is 0 Å². The molecule has 0 radical (unpaired) electrons. The first-order chi connectivity index (χ1) is 12.1. The first kappa shape index (κ1) is 20.3. The minimum absolute atomic E-state index is 0. The van der Waals surface area contributed by atoms with Crippen LogP contribution in [0.4, 0.5) is 0 Å². The van der Waals surface area contributed by atoms with Gasteiger partial charge in [0.15, 0.2) is 0 Å². The first-order valence-electron chi connectivity index (χ1n) is 8.74. The molecule has 1 fully saturated rings. The van der Waals surface area contributed by atoms with Gasteiger partial charge in [0.1, 0.15) is 18.1 Å². The normalized spacial score (nSPS) is 19.0. The van der Waals surface area contributed by atoms with Gasteiger partial charge < -0.3 is 20.3 Å². The van der Waals surface area contributed by atoms with Crippen LogP contribution in [0.5, 0.6) is 5.75 Å². The summed E-state index contributed by atoms with van der Waals surface area (Å²) in [4.78, 5) is 12.7. The topological polar surface area (TPSA) is 90.4 Å². The molecule has 6 nitrogen and oxygen atoms in total. The van der Waals surface area contributed by atoms with Gasteiger partial charge in [0.25, 0.3) is 5.91 Å². The highest BCUT2D eigenvalue weighted by atomic mass is 35.5. The highest BCUT2D eigenvalue weighted by molar-refractivity contribution is 5.97. The van der Waals surface area contributed by atoms with E-state index in [0.29, 0.717) is 30.4 Å². The fourth-order valence-corrected chi connectivity index (χ4v) is 3.39. The van der Waals surface area contributed by atoms with Crippen LogP contribution in [0.1, 0.15) is 46.6 Å². The Balaban J connectivity index is 0.00000243. The second-order valence-corrected chi connectivity index (χ2v) is 6.59. The van der Waals surface area contributed by atoms with Gasteiger partial charge in [-0.1, -0.05) is 23.7 Å². The maximum atomic E-state index is 12.7. The lowest BCUT2D eigenvalue weighted by atomic mass is 10.0. The summed E-state index contributed by atoms with van der Waals surface area (Å²) >= 11 is 0. The molecule has 0 aliphatic heterocycles. The molecule has 3 rings (SSSR count). The van der Waals surface area contributed by atoms with Gasteiger partial charge in [-0.15, -0.1) is 12.4 Å². The quantitative estimate of drug-likeness (QED) is 0.804. The number of nitrogens with zero attached hydrogens (tertiary/aromatic N) is 1. The van der Waals surface area contributed by atoms with Crippen molar-refractivity contribution in [1.29, 1.82) is 0 Å². The first-order valence-corrected chi connectivity index (χ1v) is 8.74. The SMILES string of the molecule is Cc1noc(C)c1COc1ccccc1C(=O)NC1CCCC1CN.Cl. The van der Waals surface area contributed by atoms with Crippen molar-refractivity contribution >= 4 is 18.3 Å². The lowest BCUT2D eigenvalue weighted by Gasteiger charge is -2.20. The predicted molar refractivity (Wildman–Crippen MR) is 102 cm³/mol. The molecule has 1 aromatic carbocycles. The van der Waals surface area contributed by atoms with Crippen molar-refractivity contribution in [2.24, 2.45) is 11.7 Å². The molecule has 1 heterocycles. The van der Waals surface area contributed by atoms with Gasteiger partial charge in [-0.2, -0.15) is 0 Å². The van der Waals surface area contributed by atoms with Gasteiger partial charge >= 0.3 is 0 Å². The van der Waals surface area contributed by atoms with E-state index in [1.165, 1.54) is 0 Å². The molecule has 0 spiro atoms. The second kappa shape index (κ2) is 9.05. The number of aryl methyl sites for hydroxylation is 2. The third-order valence-corrected chi connectivity index (χ3v) is 4.96. The van der Waals surface area contributed by atoms with Crippen molar-refractivity contribution in [2.45, 2.75) is 45.8 Å². The van der Waals surface area contributed by atoms with E-state index in [-0.39, 0.29) is 24.4 Å². The third-order valence-electron chi connectivity index (χ3n) is 4.96. The molecule has 1 aromatic heterocycles. The van der Waals surface area contributed by atoms with Crippen LogP contribution in [0, 0.1) is 19.8 Å². The fraction of sp³-hybridized carbons (Fsp3) is 0.474. The molecule has 0 bridgehead atoms. The van der Waals surface area contributed by atoms with Crippen LogP contribution in [0.25, 0.3) is 0 Å². The molecule has 2 unspecified atom stereocenters. The van der Waals surface area contributed by atoms with Gasteiger partial charge in [0.2, 0.25) is 0 Å². The van der Waals surface area contributed by atoms with Crippen molar-refractivity contribution in [3.63, 3.8) is 0 Å². The van der Waals surface area contributed by atoms with E-state index in [1.807, 2.05) is 32.0 Å². The average molecular weight is 380 g/mol. The molecule has 7 heteroatoms. The van der Waals surface area contributed by atoms with Crippen molar-refractivity contribution in [1.82, 2.24) is 10.5 Å². The molecule has 2 aromatic rings. The monoisotopic (exact) mass is 379 g/mol. The van der Waals surface area contributed by atoms with Crippen LogP contribution in [-0.4, -0.2) is 23.7 Å². The van der Waals surface area contributed by atoms with E-state index in [2.05, 4.69) is 10.5 Å². The maximum absolute atomic E-state index is 12.7. The lowest BCUT2D eigenvalue weighted by Crippen LogP contribution is -2.40. The molecule has 2 atom stereocenters. The zero-order valence-electron chi connectivity index (χ0n) is 15.2. The van der Waals surface area contributed by atoms with Crippen LogP contribution in [0.15, 0.2) is 28.8 Å². The van der Waals surface area contributed by atoms with Gasteiger partial charge in [-0.25, -0.2) is 0 Å². The van der Waals surface area contributed by atoms with Crippen molar-refractivity contribution < 1.29 is 14.1 Å². The number of rotatable bonds is 6. The smallest absolute Gasteiger partial charge is 0.255 e. The minimum atomic E-state index is -0.111. The van der Waals surface area contributed by atoms with Crippen LogP contribution in [-0.2, 0) is 6.61 Å². The standard InChI is InChI=1S/C19H25N3O3.ClH/c1-12-16(13(2)25-22-12)11-24-18-9-4-3-7-15(18)19(23)21-17-8-5-6-14(17)10-20;/h3-4,7,9,14,17H,5-6,8,10-11,20H2,1-2H3,(H,21,23);1H. The van der Waals surface area contributed by atoms with Crippen LogP contribution < -0.4 is 15.8 Å². The van der Waals surface area contributed by atoms with Gasteiger partial charge in [0, 0.05) is 6.04 Å². The summed E-state index contributed by atoms with van der Waals surface area (Å²) in [6.45, 7) is 4.65. The molecule has 1 saturated carbocycles. The number of nitrogens with two attached hydrogens (primary N) is 1. The molecule has 142 valence electrons. The highest BCUT2D eigenvalue weighted by Crippen LogP contribution is 2.26. The summed E-state index contributed by atoms with van der Waals surface area (Å²) in [7, 11) is 0. The summed E-state index contributed by atoms with van der Waals surface area (Å²) in [6.07, 6.45) is 3.17. The number of nitrogens with one attached hydrogen (secondary N) is 1. The molecule has 26 heavy (non-hydrogen) atoms. The summed E-state index contributed by atoms with van der Waals surface area (Å²) in [5, 5.41) is 7.05. The Bertz CT molecular complexity index is 728. The Morgan fingerprint density at radius 3 is 2.81 bits per heavy atom. The second-order valence-electron chi connectivity index (χ2n) is 6.59. The zero-order chi connectivity index (χ0) is 17.8. The number of carbonyl (C=O) groups excluding carboxylic acids is 1. The van der Waals surface area contributed by atoms with Crippen LogP contribution in [0.3, 0.4) is 0 Å². The highest BCUT2D eigenvalue weighted by Gasteiger charge is 2.28. The minimum Gasteiger partial charge on any atom is -0.488 e. The van der Waals surface area contributed by atoms with Crippen molar-refractivity contribution in [2.75, 3.05) is 6.54 Å². The number of ether oxygens (including phenoxy) is 1. The summed E-state index contributed by atoms with van der Waals surface area (Å²) < 4.78 is 11.0. The summed E-state index contributed by atoms with van der Waals surface area (Å²) in [5.41, 5.74) is 8.06. The van der Waals surface area contributed by atoms with E-state index >= 15 is 0 Å². The number of hydrogen-bond acceptors (Lipinski definition) is 5. The number of carbonyl (C=O) groups is 1. The van der Waals surface area contributed by atoms with Gasteiger partial charge in [-0.3, -0.25) is 4.79 Å². The number of benzene rings is 1. The Morgan fingerprint density at radius 2 is 2.12 bits per heavy atom. The molecular weight excluding hydrogens is 354 g/mol. The largest absolute Gasteiger partial charge is 0.488 e. The molecule has 1 aliphatic carbocycles. The molecular formula is C19H26ClN3O3. The van der Waals surface area contributed by atoms with Gasteiger partial charge in [0.05, 0.1) is 16.8 Å². The Morgan fingerprint density at radius 1 is 1.35 bits per heavy atom. The number of hydrogen-bond donors (Lipinski definition) is 2. The predicted octanol–water partition coefficient (Wildman–Crippen LogP) is 3.15. The van der Waals surface area contributed by atoms with Crippen molar-refractivity contribution in [3.05, 3.63) is 46.8 Å². The Hall–Kier alpha value is -2.05. The number of aromatic nitrogens is 1. The summed E-state index contributed by atoms with van der Waals surface area (Å²) in [5.74, 6) is 1.54. The van der Waals surface area contributed by atoms with Crippen LogP contribution >= 0.6 is 12.4 Å².